The monoisotopic (exact) mass is 545 g/mol. The van der Waals surface area contributed by atoms with Gasteiger partial charge in [-0.2, -0.15) is 4.98 Å². The number of nitrogens with one attached hydrogen (secondary N) is 1. The van der Waals surface area contributed by atoms with Gasteiger partial charge in [0.15, 0.2) is 5.58 Å². The highest BCUT2D eigenvalue weighted by Gasteiger charge is 2.24. The van der Waals surface area contributed by atoms with Crippen molar-refractivity contribution in [1.29, 1.82) is 0 Å². The van der Waals surface area contributed by atoms with Crippen LogP contribution in [-0.4, -0.2) is 90.7 Å². The van der Waals surface area contributed by atoms with Crippen LogP contribution < -0.4 is 5.32 Å². The highest BCUT2D eigenvalue weighted by Crippen LogP contribution is 2.24. The van der Waals surface area contributed by atoms with Gasteiger partial charge in [0, 0.05) is 64.8 Å². The molecule has 1 atom stereocenters. The maximum atomic E-state index is 12.8. The molecule has 2 saturated heterocycles. The molecule has 2 aliphatic rings. The van der Waals surface area contributed by atoms with Gasteiger partial charge in [-0.15, -0.1) is 0 Å². The third-order valence-electron chi connectivity index (χ3n) is 7.03. The molecule has 0 spiro atoms. The molecule has 2 aromatic carbocycles. The average Bonchev–Trinajstić information content (AvgIpc) is 3.33. The van der Waals surface area contributed by atoms with Crippen molar-refractivity contribution < 1.29 is 13.9 Å². The lowest BCUT2D eigenvalue weighted by atomic mass is 10.1. The van der Waals surface area contributed by atoms with E-state index in [9.17, 15) is 4.79 Å². The van der Waals surface area contributed by atoms with E-state index in [1.54, 1.807) is 0 Å². The number of benzene rings is 2. The predicted octanol–water partition coefficient (Wildman–Crippen LogP) is 4.37. The number of oxazole rings is 1. The number of halogens is 2. The zero-order valence-electron chi connectivity index (χ0n) is 20.9. The van der Waals surface area contributed by atoms with E-state index in [0.717, 1.165) is 50.4 Å². The minimum Gasteiger partial charge on any atom is -0.424 e. The third-order valence-corrected chi connectivity index (χ3v) is 7.76. The van der Waals surface area contributed by atoms with Crippen LogP contribution in [0.1, 0.15) is 18.4 Å². The Morgan fingerprint density at radius 3 is 2.49 bits per heavy atom. The first kappa shape index (κ1) is 26.3. The fraction of sp³-hybridized carbons (Fsp3) is 0.481. The van der Waals surface area contributed by atoms with Gasteiger partial charge < -0.3 is 19.4 Å². The van der Waals surface area contributed by atoms with Crippen LogP contribution in [0.2, 0.25) is 10.0 Å². The summed E-state index contributed by atoms with van der Waals surface area (Å²) in [6.45, 7) is 8.05. The topological polar surface area (TPSA) is 74.1 Å². The second kappa shape index (κ2) is 12.5. The lowest BCUT2D eigenvalue weighted by molar-refractivity contribution is -0.135. The summed E-state index contributed by atoms with van der Waals surface area (Å²) in [4.78, 5) is 24.2. The summed E-state index contributed by atoms with van der Waals surface area (Å²) in [6, 6.07) is 14.1. The highest BCUT2D eigenvalue weighted by molar-refractivity contribution is 6.42. The number of carbonyl (C=O) groups excluding carboxylic acids is 1. The van der Waals surface area contributed by atoms with E-state index in [1.165, 1.54) is 5.56 Å². The molecule has 1 N–H and O–H groups in total. The van der Waals surface area contributed by atoms with Crippen LogP contribution in [0.15, 0.2) is 46.9 Å². The number of morpholine rings is 1. The molecule has 0 saturated carbocycles. The number of piperazine rings is 1. The number of nitrogens with zero attached hydrogens (tertiary/aromatic N) is 4. The minimum absolute atomic E-state index is 0.0414. The normalized spacial score (nSPS) is 18.3. The Kier molecular flexibility index (Phi) is 8.84. The van der Waals surface area contributed by atoms with Gasteiger partial charge in [0.1, 0.15) is 5.52 Å². The second-order valence-corrected chi connectivity index (χ2v) is 10.5. The van der Waals surface area contributed by atoms with E-state index < -0.39 is 0 Å². The van der Waals surface area contributed by atoms with Crippen LogP contribution in [0.5, 0.6) is 0 Å². The van der Waals surface area contributed by atoms with Crippen LogP contribution in [0.25, 0.3) is 11.1 Å². The van der Waals surface area contributed by atoms with E-state index >= 15 is 0 Å². The minimum atomic E-state index is 0.0414. The molecule has 8 nitrogen and oxygen atoms in total. The van der Waals surface area contributed by atoms with Crippen LogP contribution in [0.4, 0.5) is 6.01 Å². The van der Waals surface area contributed by atoms with E-state index in [2.05, 4.69) is 20.1 Å². The number of amides is 1. The largest absolute Gasteiger partial charge is 0.424 e. The summed E-state index contributed by atoms with van der Waals surface area (Å²) in [7, 11) is 0. The Hall–Kier alpha value is -2.36. The lowest BCUT2D eigenvalue weighted by Gasteiger charge is -2.36. The van der Waals surface area contributed by atoms with Crippen molar-refractivity contribution in [3.05, 3.63) is 58.1 Å². The number of aromatic nitrogens is 1. The zero-order chi connectivity index (χ0) is 25.6. The number of hydrogen-bond donors (Lipinski definition) is 1. The van der Waals surface area contributed by atoms with E-state index in [0.29, 0.717) is 55.2 Å². The third kappa shape index (κ3) is 7.15. The molecule has 2 fully saturated rings. The summed E-state index contributed by atoms with van der Waals surface area (Å²) in [6.07, 6.45) is 1.19. The summed E-state index contributed by atoms with van der Waals surface area (Å²) in [5.74, 6) is 0.180. The first-order valence-electron chi connectivity index (χ1n) is 12.9. The first-order chi connectivity index (χ1) is 18.0. The molecular formula is C27H33Cl2N5O3. The molecule has 2 aliphatic heterocycles. The predicted molar refractivity (Wildman–Crippen MR) is 146 cm³/mol. The molecule has 0 radical (unpaired) electrons. The summed E-state index contributed by atoms with van der Waals surface area (Å²) in [5, 5.41) is 4.66. The van der Waals surface area contributed by atoms with Crippen molar-refractivity contribution in [1.82, 2.24) is 19.7 Å². The summed E-state index contributed by atoms with van der Waals surface area (Å²) in [5.41, 5.74) is 2.74. The zero-order valence-corrected chi connectivity index (χ0v) is 22.4. The van der Waals surface area contributed by atoms with Gasteiger partial charge in [-0.05, 0) is 36.2 Å². The summed E-state index contributed by atoms with van der Waals surface area (Å²) >= 11 is 12.3. The van der Waals surface area contributed by atoms with Gasteiger partial charge in [0.05, 0.1) is 23.3 Å². The van der Waals surface area contributed by atoms with Crippen molar-refractivity contribution in [3.8, 4) is 0 Å². The van der Waals surface area contributed by atoms with Crippen molar-refractivity contribution in [2.24, 2.45) is 0 Å². The molecule has 37 heavy (non-hydrogen) atoms. The molecule has 10 heteroatoms. The molecule has 1 aromatic heterocycles. The van der Waals surface area contributed by atoms with Crippen LogP contribution >= 0.6 is 23.2 Å². The molecule has 1 unspecified atom stereocenters. The van der Waals surface area contributed by atoms with Gasteiger partial charge in [0.2, 0.25) is 5.91 Å². The van der Waals surface area contributed by atoms with Crippen molar-refractivity contribution in [2.75, 3.05) is 64.3 Å². The fourth-order valence-corrected chi connectivity index (χ4v) is 5.24. The van der Waals surface area contributed by atoms with Crippen LogP contribution in [0, 0.1) is 0 Å². The lowest BCUT2D eigenvalue weighted by Crippen LogP contribution is -2.49. The Morgan fingerprint density at radius 1 is 0.973 bits per heavy atom. The van der Waals surface area contributed by atoms with Gasteiger partial charge in [-0.25, -0.2) is 0 Å². The number of anilines is 1. The standard InChI is InChI=1S/C27H33Cl2N5O3/c28-22-7-5-20(17-23(22)29)18-32-9-11-33(12-10-32)19-21(6-8-26(35)34-13-15-36-16-14-34)30-27-31-24-3-1-2-4-25(24)37-27/h1-5,7,17,21H,6,8-16,18-19H2,(H,30,31). The van der Waals surface area contributed by atoms with Crippen LogP contribution in [-0.2, 0) is 16.1 Å². The molecule has 0 bridgehead atoms. The molecule has 198 valence electrons. The van der Waals surface area contributed by atoms with Gasteiger partial charge in [0.25, 0.3) is 6.01 Å². The SMILES string of the molecule is O=C(CCC(CN1CCN(Cc2ccc(Cl)c(Cl)c2)CC1)Nc1nc2ccccc2o1)N1CCOCC1. The van der Waals surface area contributed by atoms with Crippen molar-refractivity contribution in [3.63, 3.8) is 0 Å². The van der Waals surface area contributed by atoms with Gasteiger partial charge in [-0.1, -0.05) is 41.4 Å². The molecule has 3 heterocycles. The number of rotatable bonds is 9. The smallest absolute Gasteiger partial charge is 0.295 e. The quantitative estimate of drug-likeness (QED) is 0.427. The van der Waals surface area contributed by atoms with E-state index in [-0.39, 0.29) is 11.9 Å². The average molecular weight is 546 g/mol. The molecule has 3 aromatic rings. The highest BCUT2D eigenvalue weighted by atomic mass is 35.5. The van der Waals surface area contributed by atoms with Gasteiger partial charge >= 0.3 is 0 Å². The van der Waals surface area contributed by atoms with E-state index in [4.69, 9.17) is 32.4 Å². The number of hydrogen-bond acceptors (Lipinski definition) is 7. The Bertz CT molecular complexity index is 1160. The maximum absolute atomic E-state index is 12.8. The first-order valence-corrected chi connectivity index (χ1v) is 13.7. The van der Waals surface area contributed by atoms with Gasteiger partial charge in [-0.3, -0.25) is 14.6 Å². The molecular weight excluding hydrogens is 513 g/mol. The molecule has 0 aliphatic carbocycles. The van der Waals surface area contributed by atoms with E-state index in [1.807, 2.05) is 47.4 Å². The second-order valence-electron chi connectivity index (χ2n) is 9.69. The maximum Gasteiger partial charge on any atom is 0.295 e. The number of para-hydroxylation sites is 2. The number of fused-ring (bicyclic) bond motifs is 1. The Balaban J connectivity index is 1.18. The van der Waals surface area contributed by atoms with Crippen molar-refractivity contribution in [2.45, 2.75) is 25.4 Å². The van der Waals surface area contributed by atoms with Crippen molar-refractivity contribution >= 4 is 46.2 Å². The summed E-state index contributed by atoms with van der Waals surface area (Å²) < 4.78 is 11.3. The number of ether oxygens (including phenoxy) is 1. The Labute approximate surface area is 227 Å². The fourth-order valence-electron chi connectivity index (χ4n) is 4.92. The Morgan fingerprint density at radius 2 is 1.73 bits per heavy atom. The molecule has 5 rings (SSSR count). The van der Waals surface area contributed by atoms with Crippen LogP contribution in [0.3, 0.4) is 0 Å². The number of carbonyl (C=O) groups is 1. The molecule has 1 amide bonds.